The van der Waals surface area contributed by atoms with Crippen LogP contribution in [-0.2, 0) is 14.3 Å². The van der Waals surface area contributed by atoms with E-state index in [4.69, 9.17) is 9.47 Å². The number of rotatable bonds is 1. The van der Waals surface area contributed by atoms with Gasteiger partial charge in [0.1, 0.15) is 11.6 Å². The molecule has 1 atom stereocenters. The molecule has 0 aromatic carbocycles. The van der Waals surface area contributed by atoms with Gasteiger partial charge in [-0.15, -0.1) is 0 Å². The Labute approximate surface area is 106 Å². The summed E-state index contributed by atoms with van der Waals surface area (Å²) >= 11 is 1.64. The summed E-state index contributed by atoms with van der Waals surface area (Å²) in [6.45, 7) is 5.92. The molecular formula is C11H19NO4S. The molecule has 98 valence electrons. The standard InChI is InChI=1S/C11H19NO4S/c1-11(2,3)16-10(14)12-5-6-17-7-8(12)9(13)15-4/h8H,5-7H2,1-4H3. The molecule has 0 saturated carbocycles. The van der Waals surface area contributed by atoms with Gasteiger partial charge < -0.3 is 9.47 Å². The number of hydrogen-bond acceptors (Lipinski definition) is 5. The summed E-state index contributed by atoms with van der Waals surface area (Å²) in [4.78, 5) is 24.9. The molecule has 0 radical (unpaired) electrons. The van der Waals surface area contributed by atoms with Crippen molar-refractivity contribution >= 4 is 23.8 Å². The largest absolute Gasteiger partial charge is 0.467 e. The number of amides is 1. The van der Waals surface area contributed by atoms with Crippen molar-refractivity contribution in [2.24, 2.45) is 0 Å². The number of nitrogens with zero attached hydrogens (tertiary/aromatic N) is 1. The van der Waals surface area contributed by atoms with Crippen molar-refractivity contribution in [2.75, 3.05) is 25.2 Å². The first kappa shape index (κ1) is 14.2. The van der Waals surface area contributed by atoms with E-state index in [2.05, 4.69) is 0 Å². The van der Waals surface area contributed by atoms with Gasteiger partial charge in [0.15, 0.2) is 0 Å². The van der Waals surface area contributed by atoms with Crippen LogP contribution in [0.1, 0.15) is 20.8 Å². The second-order valence-electron chi connectivity index (χ2n) is 4.79. The number of esters is 1. The van der Waals surface area contributed by atoms with Crippen LogP contribution in [0.25, 0.3) is 0 Å². The quantitative estimate of drug-likeness (QED) is 0.670. The van der Waals surface area contributed by atoms with Gasteiger partial charge in [0.05, 0.1) is 7.11 Å². The highest BCUT2D eigenvalue weighted by molar-refractivity contribution is 7.99. The Morgan fingerprint density at radius 2 is 2.00 bits per heavy atom. The van der Waals surface area contributed by atoms with E-state index in [1.807, 2.05) is 0 Å². The van der Waals surface area contributed by atoms with Gasteiger partial charge in [-0.05, 0) is 20.8 Å². The van der Waals surface area contributed by atoms with E-state index in [1.165, 1.54) is 12.0 Å². The van der Waals surface area contributed by atoms with Gasteiger partial charge in [0, 0.05) is 18.1 Å². The third kappa shape index (κ3) is 4.11. The zero-order valence-corrected chi connectivity index (χ0v) is 11.5. The molecule has 17 heavy (non-hydrogen) atoms. The fraction of sp³-hybridized carbons (Fsp3) is 0.818. The number of ether oxygens (including phenoxy) is 2. The molecule has 1 saturated heterocycles. The molecule has 1 rings (SSSR count). The van der Waals surface area contributed by atoms with E-state index in [9.17, 15) is 9.59 Å². The Morgan fingerprint density at radius 3 is 2.53 bits per heavy atom. The molecule has 1 fully saturated rings. The minimum absolute atomic E-state index is 0.386. The van der Waals surface area contributed by atoms with Crippen LogP contribution < -0.4 is 0 Å². The minimum Gasteiger partial charge on any atom is -0.467 e. The fourth-order valence-corrected chi connectivity index (χ4v) is 2.51. The van der Waals surface area contributed by atoms with Crippen LogP contribution in [0.15, 0.2) is 0 Å². The van der Waals surface area contributed by atoms with Crippen molar-refractivity contribution in [1.82, 2.24) is 4.90 Å². The molecule has 1 unspecified atom stereocenters. The number of hydrogen-bond donors (Lipinski definition) is 0. The van der Waals surface area contributed by atoms with Crippen LogP contribution in [0.5, 0.6) is 0 Å². The average molecular weight is 261 g/mol. The van der Waals surface area contributed by atoms with Crippen molar-refractivity contribution in [3.05, 3.63) is 0 Å². The van der Waals surface area contributed by atoms with Crippen LogP contribution in [-0.4, -0.2) is 53.8 Å². The lowest BCUT2D eigenvalue weighted by Gasteiger charge is -2.34. The molecule has 0 aromatic heterocycles. The Kier molecular flexibility index (Phi) is 4.68. The lowest BCUT2D eigenvalue weighted by atomic mass is 10.2. The van der Waals surface area contributed by atoms with Crippen LogP contribution in [0.2, 0.25) is 0 Å². The zero-order chi connectivity index (χ0) is 13.1. The molecule has 1 aliphatic heterocycles. The normalized spacial score (nSPS) is 20.9. The average Bonchev–Trinajstić information content (AvgIpc) is 2.25. The lowest BCUT2D eigenvalue weighted by Crippen LogP contribution is -2.52. The molecule has 0 aliphatic carbocycles. The van der Waals surface area contributed by atoms with Gasteiger partial charge in [-0.3, -0.25) is 4.90 Å². The molecule has 0 aromatic rings. The van der Waals surface area contributed by atoms with Gasteiger partial charge in [-0.25, -0.2) is 9.59 Å². The van der Waals surface area contributed by atoms with E-state index in [0.29, 0.717) is 12.3 Å². The van der Waals surface area contributed by atoms with Crippen LogP contribution >= 0.6 is 11.8 Å². The molecule has 5 nitrogen and oxygen atoms in total. The summed E-state index contributed by atoms with van der Waals surface area (Å²) < 4.78 is 9.97. The number of carbonyl (C=O) groups excluding carboxylic acids is 2. The molecule has 0 N–H and O–H groups in total. The molecule has 1 amide bonds. The van der Waals surface area contributed by atoms with Crippen LogP contribution in [0, 0.1) is 0 Å². The van der Waals surface area contributed by atoms with Crippen LogP contribution in [0.3, 0.4) is 0 Å². The molecular weight excluding hydrogens is 242 g/mol. The van der Waals surface area contributed by atoms with E-state index >= 15 is 0 Å². The summed E-state index contributed by atoms with van der Waals surface area (Å²) in [5.41, 5.74) is -0.553. The highest BCUT2D eigenvalue weighted by Crippen LogP contribution is 2.20. The van der Waals surface area contributed by atoms with E-state index in [1.54, 1.807) is 32.5 Å². The lowest BCUT2D eigenvalue weighted by molar-refractivity contribution is -0.146. The summed E-state index contributed by atoms with van der Waals surface area (Å²) in [5.74, 6) is 0.988. The predicted molar refractivity (Wildman–Crippen MR) is 66.1 cm³/mol. The Balaban J connectivity index is 2.71. The second kappa shape index (κ2) is 5.62. The van der Waals surface area contributed by atoms with Gasteiger partial charge in [-0.1, -0.05) is 0 Å². The summed E-state index contributed by atoms with van der Waals surface area (Å²) in [6.07, 6.45) is -0.451. The third-order valence-corrected chi connectivity index (χ3v) is 3.25. The van der Waals surface area contributed by atoms with Gasteiger partial charge in [0.2, 0.25) is 0 Å². The zero-order valence-electron chi connectivity index (χ0n) is 10.7. The van der Waals surface area contributed by atoms with E-state index in [-0.39, 0.29) is 5.97 Å². The van der Waals surface area contributed by atoms with Crippen LogP contribution in [0.4, 0.5) is 4.79 Å². The highest BCUT2D eigenvalue weighted by atomic mass is 32.2. The molecule has 1 heterocycles. The summed E-state index contributed by atoms with van der Waals surface area (Å²) in [6, 6.07) is -0.534. The second-order valence-corrected chi connectivity index (χ2v) is 5.94. The first-order chi connectivity index (χ1) is 7.85. The van der Waals surface area contributed by atoms with Gasteiger partial charge in [-0.2, -0.15) is 11.8 Å². The SMILES string of the molecule is COC(=O)C1CSCCN1C(=O)OC(C)(C)C. The maximum atomic E-state index is 11.9. The Morgan fingerprint density at radius 1 is 1.35 bits per heavy atom. The summed E-state index contributed by atoms with van der Waals surface area (Å²) in [7, 11) is 1.33. The van der Waals surface area contributed by atoms with E-state index < -0.39 is 17.7 Å². The maximum Gasteiger partial charge on any atom is 0.411 e. The molecule has 0 bridgehead atoms. The topological polar surface area (TPSA) is 55.8 Å². The predicted octanol–water partition coefficient (Wildman–Crippen LogP) is 1.51. The van der Waals surface area contributed by atoms with Crippen molar-refractivity contribution in [2.45, 2.75) is 32.4 Å². The fourth-order valence-electron chi connectivity index (χ4n) is 1.47. The Bertz CT molecular complexity index is 300. The first-order valence-electron chi connectivity index (χ1n) is 5.50. The van der Waals surface area contributed by atoms with Gasteiger partial charge >= 0.3 is 12.1 Å². The van der Waals surface area contributed by atoms with Crippen molar-refractivity contribution < 1.29 is 19.1 Å². The third-order valence-electron chi connectivity index (χ3n) is 2.23. The van der Waals surface area contributed by atoms with Gasteiger partial charge in [0.25, 0.3) is 0 Å². The number of methoxy groups -OCH3 is 1. The number of carbonyl (C=O) groups is 2. The Hall–Kier alpha value is -0.910. The van der Waals surface area contributed by atoms with Crippen molar-refractivity contribution in [3.63, 3.8) is 0 Å². The smallest absolute Gasteiger partial charge is 0.411 e. The molecule has 6 heteroatoms. The monoisotopic (exact) mass is 261 g/mol. The van der Waals surface area contributed by atoms with Crippen molar-refractivity contribution in [1.29, 1.82) is 0 Å². The maximum absolute atomic E-state index is 11.9. The highest BCUT2D eigenvalue weighted by Gasteiger charge is 2.35. The van der Waals surface area contributed by atoms with E-state index in [0.717, 1.165) is 5.75 Å². The molecule has 1 aliphatic rings. The minimum atomic E-state index is -0.553. The first-order valence-corrected chi connectivity index (χ1v) is 6.66. The van der Waals surface area contributed by atoms with Crippen molar-refractivity contribution in [3.8, 4) is 0 Å². The number of thioether (sulfide) groups is 1. The molecule has 0 spiro atoms. The summed E-state index contributed by atoms with van der Waals surface area (Å²) in [5, 5.41) is 0.